The fourth-order valence-electron chi connectivity index (χ4n) is 3.42. The minimum Gasteiger partial charge on any atom is -0.506 e. The lowest BCUT2D eigenvalue weighted by molar-refractivity contribution is 0.0955. The van der Waals surface area contributed by atoms with E-state index in [1.165, 1.54) is 23.8 Å². The van der Waals surface area contributed by atoms with E-state index in [0.717, 1.165) is 27.8 Å². The number of hydrazone groups is 1. The number of carbonyl (C=O) groups is 1. The monoisotopic (exact) mass is 458 g/mol. The molecule has 0 atom stereocenters. The van der Waals surface area contributed by atoms with Crippen LogP contribution in [0.5, 0.6) is 17.2 Å². The van der Waals surface area contributed by atoms with Crippen LogP contribution in [0.2, 0.25) is 5.02 Å². The maximum Gasteiger partial charge on any atom is 0.271 e. The Morgan fingerprint density at radius 1 is 1.00 bits per heavy atom. The lowest BCUT2D eigenvalue weighted by atomic mass is 10.0. The molecule has 2 N–H and O–H groups in total. The van der Waals surface area contributed by atoms with Crippen LogP contribution < -0.4 is 10.2 Å². The van der Waals surface area contributed by atoms with Gasteiger partial charge in [-0.1, -0.05) is 61.8 Å². The van der Waals surface area contributed by atoms with Crippen molar-refractivity contribution in [1.29, 1.82) is 0 Å². The van der Waals surface area contributed by atoms with E-state index in [9.17, 15) is 9.90 Å². The van der Waals surface area contributed by atoms with Crippen LogP contribution in [0.1, 0.15) is 41.3 Å². The van der Waals surface area contributed by atoms with E-state index >= 15 is 0 Å². The molecule has 4 aromatic rings. The van der Waals surface area contributed by atoms with Gasteiger partial charge in [0, 0.05) is 16.5 Å². The number of hydrogen-bond donors (Lipinski definition) is 2. The summed E-state index contributed by atoms with van der Waals surface area (Å²) in [5, 5.41) is 15.6. The molecule has 6 heteroatoms. The van der Waals surface area contributed by atoms with E-state index in [4.69, 9.17) is 16.3 Å². The highest BCUT2D eigenvalue weighted by atomic mass is 35.5. The molecule has 0 aliphatic heterocycles. The Morgan fingerprint density at radius 3 is 2.42 bits per heavy atom. The Morgan fingerprint density at radius 2 is 1.73 bits per heavy atom. The Balaban J connectivity index is 1.54. The lowest BCUT2D eigenvalue weighted by Crippen LogP contribution is -2.17. The average Bonchev–Trinajstić information content (AvgIpc) is 2.82. The van der Waals surface area contributed by atoms with Crippen LogP contribution in [-0.4, -0.2) is 17.2 Å². The molecule has 0 aliphatic carbocycles. The molecule has 4 aromatic carbocycles. The zero-order valence-corrected chi connectivity index (χ0v) is 19.0. The molecule has 0 spiro atoms. The number of benzene rings is 4. The molecule has 0 aromatic heterocycles. The molecule has 33 heavy (non-hydrogen) atoms. The zero-order chi connectivity index (χ0) is 23.4. The molecule has 4 rings (SSSR count). The predicted octanol–water partition coefficient (Wildman–Crippen LogP) is 6.88. The zero-order valence-electron chi connectivity index (χ0n) is 18.2. The topological polar surface area (TPSA) is 70.9 Å². The molecule has 0 fully saturated rings. The molecule has 1 amide bonds. The van der Waals surface area contributed by atoms with Gasteiger partial charge < -0.3 is 9.84 Å². The first-order chi connectivity index (χ1) is 15.9. The van der Waals surface area contributed by atoms with Crippen molar-refractivity contribution in [2.45, 2.75) is 19.8 Å². The van der Waals surface area contributed by atoms with Crippen LogP contribution in [0.25, 0.3) is 10.8 Å². The second kappa shape index (κ2) is 9.76. The molecular weight excluding hydrogens is 436 g/mol. The quantitative estimate of drug-likeness (QED) is 0.244. The van der Waals surface area contributed by atoms with E-state index in [1.54, 1.807) is 6.21 Å². The fraction of sp³-hybridized carbons (Fsp3) is 0.111. The summed E-state index contributed by atoms with van der Waals surface area (Å²) in [6, 6.07) is 24.0. The number of halogens is 1. The van der Waals surface area contributed by atoms with Crippen molar-refractivity contribution in [1.82, 2.24) is 5.43 Å². The summed E-state index contributed by atoms with van der Waals surface area (Å²) in [5.41, 5.74) is 4.88. The number of nitrogens with one attached hydrogen (secondary N) is 1. The summed E-state index contributed by atoms with van der Waals surface area (Å²) in [5.74, 6) is 1.46. The van der Waals surface area contributed by atoms with Crippen molar-refractivity contribution < 1.29 is 14.6 Å². The van der Waals surface area contributed by atoms with Gasteiger partial charge in [-0.3, -0.25) is 4.79 Å². The summed E-state index contributed by atoms with van der Waals surface area (Å²) in [4.78, 5) is 12.3. The summed E-state index contributed by atoms with van der Waals surface area (Å²) < 4.78 is 6.16. The van der Waals surface area contributed by atoms with Crippen LogP contribution in [0.3, 0.4) is 0 Å². The molecule has 0 unspecified atom stereocenters. The van der Waals surface area contributed by atoms with Gasteiger partial charge in [-0.2, -0.15) is 5.10 Å². The Hall–Kier alpha value is -3.83. The number of fused-ring (bicyclic) bond motifs is 1. The Labute approximate surface area is 197 Å². The Bertz CT molecular complexity index is 1330. The largest absolute Gasteiger partial charge is 0.506 e. The first-order valence-electron chi connectivity index (χ1n) is 10.5. The van der Waals surface area contributed by atoms with Crippen molar-refractivity contribution in [2.24, 2.45) is 5.10 Å². The normalized spacial score (nSPS) is 11.3. The minimum absolute atomic E-state index is 0.0821. The highest BCUT2D eigenvalue weighted by molar-refractivity contribution is 6.32. The van der Waals surface area contributed by atoms with Gasteiger partial charge in [0.1, 0.15) is 17.2 Å². The SMILES string of the molecule is CC(C)c1ccc(Oc2ccc(C=NNC(=O)c3ccc(O)c(Cl)c3)c3ccccc23)cc1. The van der Waals surface area contributed by atoms with Crippen LogP contribution >= 0.6 is 11.6 Å². The molecule has 0 saturated heterocycles. The number of aromatic hydroxyl groups is 1. The van der Waals surface area contributed by atoms with Crippen LogP contribution in [-0.2, 0) is 0 Å². The molecule has 0 bridgehead atoms. The van der Waals surface area contributed by atoms with Gasteiger partial charge in [0.2, 0.25) is 0 Å². The molecule has 0 saturated carbocycles. The number of amides is 1. The summed E-state index contributed by atoms with van der Waals surface area (Å²) in [7, 11) is 0. The first kappa shape index (κ1) is 22.4. The molecule has 5 nitrogen and oxygen atoms in total. The third-order valence-electron chi connectivity index (χ3n) is 5.27. The number of ether oxygens (including phenoxy) is 1. The highest BCUT2D eigenvalue weighted by Crippen LogP contribution is 2.32. The second-order valence-electron chi connectivity index (χ2n) is 7.89. The average molecular weight is 459 g/mol. The van der Waals surface area contributed by atoms with Crippen molar-refractivity contribution in [3.63, 3.8) is 0 Å². The third kappa shape index (κ3) is 5.16. The maximum absolute atomic E-state index is 12.3. The van der Waals surface area contributed by atoms with Crippen LogP contribution in [0.15, 0.2) is 84.0 Å². The van der Waals surface area contributed by atoms with E-state index in [1.807, 2.05) is 48.5 Å². The Kier molecular flexibility index (Phi) is 6.61. The van der Waals surface area contributed by atoms with Gasteiger partial charge in [0.05, 0.1) is 11.2 Å². The van der Waals surface area contributed by atoms with Gasteiger partial charge in [-0.05, 0) is 59.3 Å². The smallest absolute Gasteiger partial charge is 0.271 e. The van der Waals surface area contributed by atoms with Gasteiger partial charge >= 0.3 is 0 Å². The summed E-state index contributed by atoms with van der Waals surface area (Å²) in [6.45, 7) is 4.32. The van der Waals surface area contributed by atoms with Gasteiger partial charge in [-0.15, -0.1) is 0 Å². The number of nitrogens with zero attached hydrogens (tertiary/aromatic N) is 1. The second-order valence-corrected chi connectivity index (χ2v) is 8.30. The molecule has 0 heterocycles. The molecule has 0 aliphatic rings. The van der Waals surface area contributed by atoms with Crippen LogP contribution in [0.4, 0.5) is 0 Å². The van der Waals surface area contributed by atoms with E-state index in [-0.39, 0.29) is 10.8 Å². The number of carbonyl (C=O) groups excluding carboxylic acids is 1. The van der Waals surface area contributed by atoms with Crippen molar-refractivity contribution in [3.8, 4) is 17.2 Å². The summed E-state index contributed by atoms with van der Waals surface area (Å²) in [6.07, 6.45) is 1.59. The van der Waals surface area contributed by atoms with Crippen LogP contribution in [0, 0.1) is 0 Å². The van der Waals surface area contributed by atoms with Gasteiger partial charge in [0.25, 0.3) is 5.91 Å². The van der Waals surface area contributed by atoms with Gasteiger partial charge in [0.15, 0.2) is 0 Å². The van der Waals surface area contributed by atoms with Crippen molar-refractivity contribution in [3.05, 3.63) is 101 Å². The van der Waals surface area contributed by atoms with E-state index < -0.39 is 5.91 Å². The maximum atomic E-state index is 12.3. The highest BCUT2D eigenvalue weighted by Gasteiger charge is 2.09. The third-order valence-corrected chi connectivity index (χ3v) is 5.57. The first-order valence-corrected chi connectivity index (χ1v) is 10.9. The molecular formula is C27H23ClN2O3. The standard InChI is InChI=1S/C27H23ClN2O3/c1-17(2)18-7-11-21(12-8-18)33-26-14-10-20(22-5-3-4-6-23(22)26)16-29-30-27(32)19-9-13-25(31)24(28)15-19/h3-17,31H,1-2H3,(H,30,32). The van der Waals surface area contributed by atoms with E-state index in [0.29, 0.717) is 11.5 Å². The molecule has 0 radical (unpaired) electrons. The minimum atomic E-state index is -0.428. The number of phenolic OH excluding ortho intramolecular Hbond substituents is 1. The fourth-order valence-corrected chi connectivity index (χ4v) is 3.60. The van der Waals surface area contributed by atoms with Crippen molar-refractivity contribution in [2.75, 3.05) is 0 Å². The predicted molar refractivity (Wildman–Crippen MR) is 133 cm³/mol. The van der Waals surface area contributed by atoms with E-state index in [2.05, 4.69) is 36.5 Å². The number of phenols is 1. The lowest BCUT2D eigenvalue weighted by Gasteiger charge is -2.12. The number of hydrogen-bond acceptors (Lipinski definition) is 4. The molecule has 166 valence electrons. The number of rotatable bonds is 6. The van der Waals surface area contributed by atoms with Crippen molar-refractivity contribution >= 4 is 34.5 Å². The van der Waals surface area contributed by atoms with Gasteiger partial charge in [-0.25, -0.2) is 5.43 Å². The summed E-state index contributed by atoms with van der Waals surface area (Å²) >= 11 is 5.87.